The monoisotopic (exact) mass is 472 g/mol. The van der Waals surface area contributed by atoms with Gasteiger partial charge in [-0.05, 0) is 36.1 Å². The first kappa shape index (κ1) is 24.9. The largest absolute Gasteiger partial charge is 0.493 e. The molecule has 0 unspecified atom stereocenters. The molecule has 0 spiro atoms. The molecule has 1 aliphatic carbocycles. The maximum absolute atomic E-state index is 13.7. The van der Waals surface area contributed by atoms with Crippen molar-refractivity contribution in [2.45, 2.75) is 57.2 Å². The fourth-order valence-corrected chi connectivity index (χ4v) is 4.53. The maximum atomic E-state index is 13.7. The number of methoxy groups -OCH3 is 2. The van der Waals surface area contributed by atoms with Gasteiger partial charge in [-0.15, -0.1) is 11.6 Å². The minimum Gasteiger partial charge on any atom is -0.493 e. The van der Waals surface area contributed by atoms with Crippen LogP contribution in [0.3, 0.4) is 0 Å². The first-order chi connectivity index (χ1) is 16.1. The van der Waals surface area contributed by atoms with Gasteiger partial charge < -0.3 is 19.7 Å². The van der Waals surface area contributed by atoms with Crippen molar-refractivity contribution in [3.05, 3.63) is 59.7 Å². The lowest BCUT2D eigenvalue weighted by Crippen LogP contribution is -2.46. The van der Waals surface area contributed by atoms with Crippen LogP contribution in [0.25, 0.3) is 0 Å². The summed E-state index contributed by atoms with van der Waals surface area (Å²) in [4.78, 5) is 28.3. The van der Waals surface area contributed by atoms with E-state index in [9.17, 15) is 9.59 Å². The predicted molar refractivity (Wildman–Crippen MR) is 130 cm³/mol. The van der Waals surface area contributed by atoms with Gasteiger partial charge in [0.25, 0.3) is 0 Å². The first-order valence-electron chi connectivity index (χ1n) is 11.5. The standard InChI is InChI=1S/C26H33ClN2O4/c1-32-22-15-14-20(16-23(22)33-2)25(26(31)28-21-12-8-3-4-9-13-21)29(24(30)17-27)18-19-10-6-5-7-11-19/h5-7,10-11,14-16,21,25H,3-4,8-9,12-13,17-18H2,1-2H3,(H,28,31)/t25-/m1/s1. The Hall–Kier alpha value is -2.73. The molecule has 0 heterocycles. The van der Waals surface area contributed by atoms with Gasteiger partial charge in [0.15, 0.2) is 11.5 Å². The highest BCUT2D eigenvalue weighted by atomic mass is 35.5. The molecule has 2 amide bonds. The molecule has 0 bridgehead atoms. The van der Waals surface area contributed by atoms with Crippen LogP contribution in [0.2, 0.25) is 0 Å². The van der Waals surface area contributed by atoms with E-state index >= 15 is 0 Å². The molecular weight excluding hydrogens is 440 g/mol. The van der Waals surface area contributed by atoms with E-state index in [0.717, 1.165) is 31.2 Å². The molecule has 2 aromatic carbocycles. The normalized spacial score (nSPS) is 15.2. The fraction of sp³-hybridized carbons (Fsp3) is 0.462. The quantitative estimate of drug-likeness (QED) is 0.418. The fourth-order valence-electron chi connectivity index (χ4n) is 4.38. The average molecular weight is 473 g/mol. The van der Waals surface area contributed by atoms with E-state index in [4.69, 9.17) is 21.1 Å². The Kier molecular flexibility index (Phi) is 9.43. The van der Waals surface area contributed by atoms with Crippen molar-refractivity contribution in [2.24, 2.45) is 0 Å². The Morgan fingerprint density at radius 2 is 1.67 bits per heavy atom. The molecule has 0 aromatic heterocycles. The van der Waals surface area contributed by atoms with Crippen LogP contribution in [0.5, 0.6) is 11.5 Å². The van der Waals surface area contributed by atoms with Crippen molar-refractivity contribution in [1.82, 2.24) is 10.2 Å². The minimum atomic E-state index is -0.848. The number of nitrogens with one attached hydrogen (secondary N) is 1. The van der Waals surface area contributed by atoms with Gasteiger partial charge >= 0.3 is 0 Å². The number of hydrogen-bond donors (Lipinski definition) is 1. The Morgan fingerprint density at radius 1 is 1.00 bits per heavy atom. The zero-order valence-electron chi connectivity index (χ0n) is 19.4. The van der Waals surface area contributed by atoms with E-state index in [0.29, 0.717) is 17.1 Å². The second-order valence-corrected chi connectivity index (χ2v) is 8.62. The summed E-state index contributed by atoms with van der Waals surface area (Å²) in [5, 5.41) is 3.22. The summed E-state index contributed by atoms with van der Waals surface area (Å²) in [5.74, 6) is 0.329. The second kappa shape index (κ2) is 12.5. The number of halogens is 1. The van der Waals surface area contributed by atoms with E-state index in [1.54, 1.807) is 37.3 Å². The SMILES string of the molecule is COc1ccc([C@H](C(=O)NC2CCCCCC2)N(Cc2ccccc2)C(=O)CCl)cc1OC. The van der Waals surface area contributed by atoms with E-state index in [1.807, 2.05) is 30.3 Å². The molecule has 33 heavy (non-hydrogen) atoms. The van der Waals surface area contributed by atoms with Crippen molar-refractivity contribution < 1.29 is 19.1 Å². The summed E-state index contributed by atoms with van der Waals surface area (Å²) in [7, 11) is 3.11. The van der Waals surface area contributed by atoms with Gasteiger partial charge in [-0.2, -0.15) is 0 Å². The summed E-state index contributed by atoms with van der Waals surface area (Å²) in [6.07, 6.45) is 6.48. The highest BCUT2D eigenvalue weighted by Gasteiger charge is 2.33. The van der Waals surface area contributed by atoms with E-state index < -0.39 is 6.04 Å². The number of carbonyl (C=O) groups is 2. The average Bonchev–Trinajstić information content (AvgIpc) is 3.12. The molecule has 1 aliphatic rings. The molecule has 6 nitrogen and oxygen atoms in total. The summed E-state index contributed by atoms with van der Waals surface area (Å²) >= 11 is 6.00. The topological polar surface area (TPSA) is 67.9 Å². The van der Waals surface area contributed by atoms with Gasteiger partial charge in [0, 0.05) is 12.6 Å². The molecule has 3 rings (SSSR count). The number of ether oxygens (including phenoxy) is 2. The van der Waals surface area contributed by atoms with Gasteiger partial charge in [0.1, 0.15) is 11.9 Å². The predicted octanol–water partition coefficient (Wildman–Crippen LogP) is 4.85. The van der Waals surface area contributed by atoms with Crippen LogP contribution in [-0.2, 0) is 16.1 Å². The molecule has 1 fully saturated rings. The third-order valence-corrected chi connectivity index (χ3v) is 6.34. The molecule has 7 heteroatoms. The van der Waals surface area contributed by atoms with Crippen LogP contribution < -0.4 is 14.8 Å². The zero-order valence-corrected chi connectivity index (χ0v) is 20.1. The zero-order chi connectivity index (χ0) is 23.6. The first-order valence-corrected chi connectivity index (χ1v) is 12.0. The van der Waals surface area contributed by atoms with Crippen molar-refractivity contribution in [2.75, 3.05) is 20.1 Å². The van der Waals surface area contributed by atoms with E-state index in [2.05, 4.69) is 5.32 Å². The van der Waals surface area contributed by atoms with Crippen LogP contribution in [-0.4, -0.2) is 42.9 Å². The molecule has 0 radical (unpaired) electrons. The third kappa shape index (κ3) is 6.64. The van der Waals surface area contributed by atoms with Gasteiger partial charge in [0.05, 0.1) is 14.2 Å². The smallest absolute Gasteiger partial charge is 0.247 e. The van der Waals surface area contributed by atoms with Crippen LogP contribution in [0, 0.1) is 0 Å². The van der Waals surface area contributed by atoms with E-state index in [-0.39, 0.29) is 30.3 Å². The lowest BCUT2D eigenvalue weighted by Gasteiger charge is -2.32. The number of rotatable bonds is 9. The summed E-state index contributed by atoms with van der Waals surface area (Å²) in [6.45, 7) is 0.267. The second-order valence-electron chi connectivity index (χ2n) is 8.35. The summed E-state index contributed by atoms with van der Waals surface area (Å²) in [6, 6.07) is 14.2. The van der Waals surface area contributed by atoms with Crippen molar-refractivity contribution in [3.63, 3.8) is 0 Å². The van der Waals surface area contributed by atoms with Gasteiger partial charge in [-0.3, -0.25) is 9.59 Å². The minimum absolute atomic E-state index is 0.104. The van der Waals surface area contributed by atoms with Crippen LogP contribution in [0.4, 0.5) is 0 Å². The molecule has 1 N–H and O–H groups in total. The summed E-state index contributed by atoms with van der Waals surface area (Å²) in [5.41, 5.74) is 1.57. The molecule has 1 atom stereocenters. The maximum Gasteiger partial charge on any atom is 0.247 e. The number of hydrogen-bond acceptors (Lipinski definition) is 4. The highest BCUT2D eigenvalue weighted by molar-refractivity contribution is 6.27. The van der Waals surface area contributed by atoms with Crippen molar-refractivity contribution in [1.29, 1.82) is 0 Å². The van der Waals surface area contributed by atoms with Crippen molar-refractivity contribution in [3.8, 4) is 11.5 Å². The Balaban J connectivity index is 1.99. The lowest BCUT2D eigenvalue weighted by molar-refractivity contribution is -0.140. The Bertz CT molecular complexity index is 914. The van der Waals surface area contributed by atoms with Crippen LogP contribution in [0.1, 0.15) is 55.7 Å². The molecular formula is C26H33ClN2O4. The number of amides is 2. The molecule has 178 valence electrons. The molecule has 0 aliphatic heterocycles. The van der Waals surface area contributed by atoms with Crippen LogP contribution >= 0.6 is 11.6 Å². The third-order valence-electron chi connectivity index (χ3n) is 6.12. The molecule has 1 saturated carbocycles. The molecule has 2 aromatic rings. The number of benzene rings is 2. The highest BCUT2D eigenvalue weighted by Crippen LogP contribution is 2.33. The number of alkyl halides is 1. The Labute approximate surface area is 201 Å². The van der Waals surface area contributed by atoms with Crippen molar-refractivity contribution >= 4 is 23.4 Å². The lowest BCUT2D eigenvalue weighted by atomic mass is 10.0. The Morgan fingerprint density at radius 3 is 2.27 bits per heavy atom. The number of carbonyl (C=O) groups excluding carboxylic acids is 2. The van der Waals surface area contributed by atoms with Gasteiger partial charge in [-0.25, -0.2) is 0 Å². The molecule has 0 saturated heterocycles. The van der Waals surface area contributed by atoms with Gasteiger partial charge in [0.2, 0.25) is 11.8 Å². The van der Waals surface area contributed by atoms with Crippen LogP contribution in [0.15, 0.2) is 48.5 Å². The van der Waals surface area contributed by atoms with Gasteiger partial charge in [-0.1, -0.05) is 62.1 Å². The summed E-state index contributed by atoms with van der Waals surface area (Å²) < 4.78 is 10.8. The number of nitrogens with zero attached hydrogens (tertiary/aromatic N) is 1. The van der Waals surface area contributed by atoms with E-state index in [1.165, 1.54) is 12.8 Å².